The van der Waals surface area contributed by atoms with Crippen LogP contribution in [0.25, 0.3) is 11.0 Å². The average molecular weight is 326 g/mol. The molecule has 1 aromatic carbocycles. The maximum atomic E-state index is 12.6. The molecule has 6 nitrogen and oxygen atoms in total. The molecule has 2 atom stereocenters. The van der Waals surface area contributed by atoms with Crippen molar-refractivity contribution in [3.8, 4) is 0 Å². The van der Waals surface area contributed by atoms with E-state index in [1.54, 1.807) is 13.3 Å². The maximum Gasteiger partial charge on any atom is 0.245 e. The van der Waals surface area contributed by atoms with Gasteiger partial charge in [0.1, 0.15) is 30.0 Å². The van der Waals surface area contributed by atoms with Crippen molar-refractivity contribution in [2.45, 2.75) is 39.8 Å². The second-order valence-electron chi connectivity index (χ2n) is 6.37. The predicted octanol–water partition coefficient (Wildman–Crippen LogP) is 3.41. The summed E-state index contributed by atoms with van der Waals surface area (Å²) in [5.74, 6) is 0.889. The van der Waals surface area contributed by atoms with Crippen LogP contribution in [-0.4, -0.2) is 20.7 Å². The van der Waals surface area contributed by atoms with E-state index >= 15 is 0 Å². The van der Waals surface area contributed by atoms with Crippen molar-refractivity contribution in [2.75, 3.05) is 0 Å². The zero-order chi connectivity index (χ0) is 17.3. The second kappa shape index (κ2) is 6.47. The molecule has 2 heterocycles. The number of aryl methyl sites for hydroxylation is 1. The van der Waals surface area contributed by atoms with Crippen LogP contribution in [0.2, 0.25) is 0 Å². The van der Waals surface area contributed by atoms with E-state index in [1.807, 2.05) is 31.2 Å². The van der Waals surface area contributed by atoms with Crippen molar-refractivity contribution < 1.29 is 9.21 Å². The first kappa shape index (κ1) is 16.2. The van der Waals surface area contributed by atoms with E-state index in [2.05, 4.69) is 29.2 Å². The average Bonchev–Trinajstić information content (AvgIpc) is 3.20. The number of hydrogen-bond acceptors (Lipinski definition) is 4. The first-order valence-electron chi connectivity index (χ1n) is 8.11. The van der Waals surface area contributed by atoms with E-state index in [0.29, 0.717) is 0 Å². The first-order valence-corrected chi connectivity index (χ1v) is 8.11. The minimum absolute atomic E-state index is 0.112. The van der Waals surface area contributed by atoms with E-state index in [-0.39, 0.29) is 17.9 Å². The summed E-state index contributed by atoms with van der Waals surface area (Å²) in [4.78, 5) is 16.5. The largest absolute Gasteiger partial charge is 0.459 e. The summed E-state index contributed by atoms with van der Waals surface area (Å²) in [6.45, 7) is 7.96. The third kappa shape index (κ3) is 2.91. The van der Waals surface area contributed by atoms with Crippen molar-refractivity contribution >= 4 is 16.9 Å². The molecule has 1 amide bonds. The van der Waals surface area contributed by atoms with Crippen molar-refractivity contribution in [2.24, 2.45) is 5.92 Å². The Kier molecular flexibility index (Phi) is 4.38. The number of carbonyl (C=O) groups is 1. The maximum absolute atomic E-state index is 12.6. The Morgan fingerprint density at radius 3 is 2.62 bits per heavy atom. The number of hydrogen-bond donors (Lipinski definition) is 1. The van der Waals surface area contributed by atoms with Crippen LogP contribution in [0.15, 0.2) is 41.3 Å². The summed E-state index contributed by atoms with van der Waals surface area (Å²) in [7, 11) is 0. The van der Waals surface area contributed by atoms with Gasteiger partial charge in [0.2, 0.25) is 5.91 Å². The summed E-state index contributed by atoms with van der Waals surface area (Å²) in [5, 5.41) is 8.22. The molecule has 24 heavy (non-hydrogen) atoms. The Balaban J connectivity index is 1.89. The van der Waals surface area contributed by atoms with Crippen LogP contribution >= 0.6 is 0 Å². The second-order valence-corrected chi connectivity index (χ2v) is 6.37. The summed E-state index contributed by atoms with van der Waals surface area (Å²) < 4.78 is 7.58. The number of fused-ring (bicyclic) bond motifs is 1. The zero-order valence-corrected chi connectivity index (χ0v) is 14.4. The van der Waals surface area contributed by atoms with Crippen molar-refractivity contribution in [1.82, 2.24) is 20.1 Å². The van der Waals surface area contributed by atoms with Gasteiger partial charge in [-0.05, 0) is 25.8 Å². The van der Waals surface area contributed by atoms with Crippen molar-refractivity contribution in [3.05, 3.63) is 48.2 Å². The standard InChI is InChI=1S/C18H22N4O2/c1-11(2)16(21-18(23)13(4)22-10-19-9-20-22)17-12(3)14-7-5-6-8-15(14)24-17/h5-11,13,16H,1-4H3,(H,21,23)/t13-,16-/m1/s1. The van der Waals surface area contributed by atoms with E-state index in [4.69, 9.17) is 4.42 Å². The van der Waals surface area contributed by atoms with Gasteiger partial charge in [0.15, 0.2) is 0 Å². The van der Waals surface area contributed by atoms with E-state index in [9.17, 15) is 4.79 Å². The molecule has 126 valence electrons. The van der Waals surface area contributed by atoms with Gasteiger partial charge in [0.05, 0.1) is 6.04 Å². The number of aromatic nitrogens is 3. The molecule has 0 unspecified atom stereocenters. The van der Waals surface area contributed by atoms with E-state index in [0.717, 1.165) is 22.3 Å². The molecule has 0 aliphatic rings. The predicted molar refractivity (Wildman–Crippen MR) is 91.4 cm³/mol. The molecule has 2 aromatic heterocycles. The third-order valence-electron chi connectivity index (χ3n) is 4.34. The molecule has 0 saturated carbocycles. The number of nitrogens with one attached hydrogen (secondary N) is 1. The lowest BCUT2D eigenvalue weighted by molar-refractivity contribution is -0.125. The molecule has 0 spiro atoms. The van der Waals surface area contributed by atoms with Crippen LogP contribution in [0.1, 0.15) is 44.2 Å². The Bertz CT molecular complexity index is 836. The fraction of sp³-hybridized carbons (Fsp3) is 0.389. The molecule has 0 radical (unpaired) electrons. The van der Waals surface area contributed by atoms with E-state index < -0.39 is 6.04 Å². The Morgan fingerprint density at radius 2 is 2.00 bits per heavy atom. The lowest BCUT2D eigenvalue weighted by atomic mass is 9.98. The first-order chi connectivity index (χ1) is 11.5. The summed E-state index contributed by atoms with van der Waals surface area (Å²) in [5.41, 5.74) is 1.91. The number of rotatable bonds is 5. The number of carbonyl (C=O) groups excluding carboxylic acids is 1. The topological polar surface area (TPSA) is 73.0 Å². The van der Waals surface area contributed by atoms with Crippen LogP contribution in [0.4, 0.5) is 0 Å². The molecule has 1 N–H and O–H groups in total. The minimum Gasteiger partial charge on any atom is -0.459 e. The smallest absolute Gasteiger partial charge is 0.245 e. The lowest BCUT2D eigenvalue weighted by Gasteiger charge is -2.23. The highest BCUT2D eigenvalue weighted by Gasteiger charge is 2.27. The number of amides is 1. The van der Waals surface area contributed by atoms with Crippen LogP contribution < -0.4 is 5.32 Å². The van der Waals surface area contributed by atoms with Gasteiger partial charge in [0, 0.05) is 10.9 Å². The minimum atomic E-state index is -0.432. The molecule has 3 rings (SSSR count). The zero-order valence-electron chi connectivity index (χ0n) is 14.4. The van der Waals surface area contributed by atoms with Crippen LogP contribution in [0.3, 0.4) is 0 Å². The fourth-order valence-electron chi connectivity index (χ4n) is 2.84. The Hall–Kier alpha value is -2.63. The SMILES string of the molecule is Cc1c([C@H](NC(=O)[C@@H](C)n2cncn2)C(C)C)oc2ccccc12. The monoisotopic (exact) mass is 326 g/mol. The summed E-state index contributed by atoms with van der Waals surface area (Å²) >= 11 is 0. The molecule has 6 heteroatoms. The van der Waals surface area contributed by atoms with Gasteiger partial charge in [-0.1, -0.05) is 32.0 Å². The van der Waals surface area contributed by atoms with E-state index in [1.165, 1.54) is 11.0 Å². The van der Waals surface area contributed by atoms with Crippen LogP contribution in [0, 0.1) is 12.8 Å². The number of nitrogens with zero attached hydrogens (tertiary/aromatic N) is 3. The quantitative estimate of drug-likeness (QED) is 0.780. The molecule has 0 fully saturated rings. The number of furan rings is 1. The molecule has 0 aliphatic heterocycles. The Labute approximate surface area is 140 Å². The summed E-state index contributed by atoms with van der Waals surface area (Å²) in [6, 6.07) is 7.29. The van der Waals surface area contributed by atoms with Crippen molar-refractivity contribution in [3.63, 3.8) is 0 Å². The van der Waals surface area contributed by atoms with Gasteiger partial charge in [-0.2, -0.15) is 5.10 Å². The fourth-order valence-corrected chi connectivity index (χ4v) is 2.84. The molecule has 0 aliphatic carbocycles. The van der Waals surface area contributed by atoms with Crippen molar-refractivity contribution in [1.29, 1.82) is 0 Å². The normalized spacial score (nSPS) is 14.0. The summed E-state index contributed by atoms with van der Waals surface area (Å²) in [6.07, 6.45) is 2.97. The molecule has 3 aromatic rings. The van der Waals surface area contributed by atoms with Gasteiger partial charge in [0.25, 0.3) is 0 Å². The van der Waals surface area contributed by atoms with Gasteiger partial charge in [-0.3, -0.25) is 4.79 Å². The number of benzene rings is 1. The molecule has 0 bridgehead atoms. The highest BCUT2D eigenvalue weighted by atomic mass is 16.3. The van der Waals surface area contributed by atoms with Gasteiger partial charge >= 0.3 is 0 Å². The highest BCUT2D eigenvalue weighted by molar-refractivity contribution is 5.83. The highest BCUT2D eigenvalue weighted by Crippen LogP contribution is 2.33. The number of para-hydroxylation sites is 1. The molecular formula is C18H22N4O2. The third-order valence-corrected chi connectivity index (χ3v) is 4.34. The van der Waals surface area contributed by atoms with Gasteiger partial charge in [-0.25, -0.2) is 9.67 Å². The van der Waals surface area contributed by atoms with Gasteiger partial charge < -0.3 is 9.73 Å². The molecule has 0 saturated heterocycles. The van der Waals surface area contributed by atoms with Crippen LogP contribution in [0.5, 0.6) is 0 Å². The molecular weight excluding hydrogens is 304 g/mol. The lowest BCUT2D eigenvalue weighted by Crippen LogP contribution is -2.36. The Morgan fingerprint density at radius 1 is 1.25 bits per heavy atom. The van der Waals surface area contributed by atoms with Gasteiger partial charge in [-0.15, -0.1) is 0 Å². The van der Waals surface area contributed by atoms with Crippen LogP contribution in [-0.2, 0) is 4.79 Å².